The van der Waals surface area contributed by atoms with Gasteiger partial charge in [-0.05, 0) is 20.4 Å². The molecule has 0 aromatic carbocycles. The zero-order chi connectivity index (χ0) is 19.6. The van der Waals surface area contributed by atoms with Gasteiger partial charge in [0.05, 0.1) is 0 Å². The van der Waals surface area contributed by atoms with Gasteiger partial charge in [-0.15, -0.1) is 0 Å². The molecular weight excluding hydrogens is 519 g/mol. The van der Waals surface area contributed by atoms with Crippen LogP contribution in [0.1, 0.15) is 72.1 Å². The molecule has 0 atom stereocenters. The second kappa shape index (κ2) is 12.0. The molecule has 0 aromatic heterocycles. The molecule has 0 unspecified atom stereocenters. The molecule has 2 nitrogen and oxygen atoms in total. The van der Waals surface area contributed by atoms with E-state index in [1.165, 1.54) is 51.4 Å². The smallest absolute Gasteiger partial charge is 0.0333 e. The second-order valence-corrected chi connectivity index (χ2v) is 22.9. The van der Waals surface area contributed by atoms with Crippen LogP contribution >= 0.6 is 0 Å². The van der Waals surface area contributed by atoms with E-state index in [4.69, 9.17) is 8.85 Å². The number of hydrogen-bond acceptors (Lipinski definition) is 2. The van der Waals surface area contributed by atoms with Crippen molar-refractivity contribution in [2.24, 2.45) is 0 Å². The van der Waals surface area contributed by atoms with Crippen LogP contribution < -0.4 is 0 Å². The van der Waals surface area contributed by atoms with Crippen molar-refractivity contribution in [3.8, 4) is 0 Å². The van der Waals surface area contributed by atoms with Gasteiger partial charge in [-0.1, -0.05) is 0 Å². The summed E-state index contributed by atoms with van der Waals surface area (Å²) in [6, 6.07) is 1.15. The summed E-state index contributed by atoms with van der Waals surface area (Å²) < 4.78 is 13.7. The van der Waals surface area contributed by atoms with Crippen LogP contribution in [0.2, 0.25) is 28.5 Å². The van der Waals surface area contributed by atoms with Gasteiger partial charge in [0.1, 0.15) is 0 Å². The third-order valence-corrected chi connectivity index (χ3v) is 13.7. The molecule has 0 saturated carbocycles. The van der Waals surface area contributed by atoms with E-state index in [1.54, 1.807) is 11.1 Å². The molecule has 0 saturated heterocycles. The summed E-state index contributed by atoms with van der Waals surface area (Å²) in [5.41, 5.74) is 3.32. The monoisotopic (exact) mass is 563 g/mol. The van der Waals surface area contributed by atoms with E-state index < -0.39 is 24.6 Å². The Morgan fingerprint density at radius 3 is 1.96 bits per heavy atom. The summed E-state index contributed by atoms with van der Waals surface area (Å²) in [4.78, 5) is 0. The summed E-state index contributed by atoms with van der Waals surface area (Å²) in [6.45, 7) is 10.3. The van der Waals surface area contributed by atoms with E-state index in [9.17, 15) is 0 Å². The molecule has 0 bridgehead atoms. The number of rotatable bonds is 14. The van der Waals surface area contributed by atoms with Crippen molar-refractivity contribution >= 4 is 8.56 Å². The maximum absolute atomic E-state index is 5.92. The van der Waals surface area contributed by atoms with Gasteiger partial charge in [-0.2, -0.15) is 0 Å². The summed E-state index contributed by atoms with van der Waals surface area (Å²) >= 11 is -1.55. The van der Waals surface area contributed by atoms with Crippen molar-refractivity contribution < 1.29 is 24.9 Å². The Bertz CT molecular complexity index is 471. The number of allylic oxidation sites excluding steroid dienone is 4. The first kappa shape index (κ1) is 24.3. The number of hydrogen-bond donors (Lipinski definition) is 0. The first-order valence-electron chi connectivity index (χ1n) is 10.3. The van der Waals surface area contributed by atoms with Crippen LogP contribution in [0, 0.1) is 0 Å². The van der Waals surface area contributed by atoms with E-state index in [0.29, 0.717) is 0 Å². The van der Waals surface area contributed by atoms with Gasteiger partial charge >= 0.3 is 126 Å². The van der Waals surface area contributed by atoms with Crippen LogP contribution in [0.15, 0.2) is 21.2 Å². The minimum absolute atomic E-state index is 0.784. The van der Waals surface area contributed by atoms with E-state index in [2.05, 4.69) is 49.3 Å². The zero-order valence-corrected chi connectivity index (χ0v) is 21.8. The van der Waals surface area contributed by atoms with Crippen molar-refractivity contribution in [1.29, 1.82) is 0 Å². The molecule has 158 valence electrons. The molecule has 0 N–H and O–H groups in total. The van der Waals surface area contributed by atoms with Gasteiger partial charge in [0.25, 0.3) is 0 Å². The third-order valence-electron chi connectivity index (χ3n) is 5.18. The summed E-state index contributed by atoms with van der Waals surface area (Å²) in [5, 5.41) is 7.56. The Hall–Kier alpha value is 0.305. The maximum atomic E-state index is 5.92. The summed E-state index contributed by atoms with van der Waals surface area (Å²) in [6.07, 6.45) is 13.1. The molecule has 0 spiro atoms. The van der Waals surface area contributed by atoms with E-state index >= 15 is 0 Å². The van der Waals surface area contributed by atoms with Gasteiger partial charge in [0.2, 0.25) is 0 Å². The Balaban J connectivity index is 2.14. The Morgan fingerprint density at radius 1 is 0.923 bits per heavy atom. The van der Waals surface area contributed by atoms with Crippen molar-refractivity contribution in [2.45, 2.75) is 101 Å². The van der Waals surface area contributed by atoms with Gasteiger partial charge in [0, 0.05) is 13.2 Å². The normalized spacial score (nSPS) is 16.3. The largest absolute Gasteiger partial charge is 0.395 e. The maximum Gasteiger partial charge on any atom is 0.0333 e. The molecule has 1 aliphatic rings. The Morgan fingerprint density at radius 2 is 1.46 bits per heavy atom. The fourth-order valence-corrected chi connectivity index (χ4v) is 10.8. The molecule has 0 heterocycles. The average molecular weight is 564 g/mol. The fraction of sp³-hybridized carbons (Fsp3) is 0.818. The Labute approximate surface area is 168 Å². The first-order valence-corrected chi connectivity index (χ1v) is 20.7. The van der Waals surface area contributed by atoms with Crippen molar-refractivity contribution in [3.63, 3.8) is 0 Å². The van der Waals surface area contributed by atoms with Crippen LogP contribution in [0.3, 0.4) is 0 Å². The van der Waals surface area contributed by atoms with Gasteiger partial charge in [-0.3, -0.25) is 0 Å². The summed E-state index contributed by atoms with van der Waals surface area (Å²) in [5.74, 6) is 0. The molecule has 0 radical (unpaired) electrons. The minimum Gasteiger partial charge on any atom is -0.395 e. The average Bonchev–Trinajstić information content (AvgIpc) is 2.91. The molecule has 4 heteroatoms. The zero-order valence-electron chi connectivity index (χ0n) is 18.5. The van der Waals surface area contributed by atoms with Crippen LogP contribution in [-0.4, -0.2) is 21.8 Å². The molecule has 0 aromatic rings. The van der Waals surface area contributed by atoms with E-state index in [1.807, 2.05) is 3.96 Å². The third kappa shape index (κ3) is 8.54. The van der Waals surface area contributed by atoms with Gasteiger partial charge in [-0.25, -0.2) is 0 Å². The van der Waals surface area contributed by atoms with Crippen LogP contribution in [0.4, 0.5) is 0 Å². The summed E-state index contributed by atoms with van der Waals surface area (Å²) in [7, 11) is -1.88. The van der Waals surface area contributed by atoms with Gasteiger partial charge < -0.3 is 8.85 Å². The van der Waals surface area contributed by atoms with Crippen molar-refractivity contribution in [1.82, 2.24) is 0 Å². The second-order valence-electron chi connectivity index (χ2n) is 7.97. The standard InChI is InChI=1S/C19H35O2Si.3CH3.Pt/c1-5-20-22(4,21-6-2)17-12-10-8-7-9-11-15-19-16-13-14-18(19)3;;;;/h16H,5-13,15,17H2,1-4H3;3*1H3;. The van der Waals surface area contributed by atoms with E-state index in [0.717, 1.165) is 19.3 Å². The fourth-order valence-electron chi connectivity index (χ4n) is 3.78. The molecule has 26 heavy (non-hydrogen) atoms. The van der Waals surface area contributed by atoms with Crippen molar-refractivity contribution in [2.75, 3.05) is 13.2 Å². The molecule has 0 aliphatic heterocycles. The molecule has 0 fully saturated rings. The molecule has 0 amide bonds. The quantitative estimate of drug-likeness (QED) is 0.159. The van der Waals surface area contributed by atoms with Crippen LogP contribution in [-0.2, 0) is 24.9 Å². The molecule has 1 rings (SSSR count). The minimum atomic E-state index is -1.88. The van der Waals surface area contributed by atoms with Gasteiger partial charge in [0.15, 0.2) is 0 Å². The predicted octanol–water partition coefficient (Wildman–Crippen LogP) is 7.76. The molecular formula is C22H44O2PtSi. The van der Waals surface area contributed by atoms with E-state index in [-0.39, 0.29) is 0 Å². The molecule has 1 aliphatic carbocycles. The predicted molar refractivity (Wildman–Crippen MR) is 115 cm³/mol. The Kier molecular flexibility index (Phi) is 11.2. The topological polar surface area (TPSA) is 18.5 Å². The van der Waals surface area contributed by atoms with Crippen LogP contribution in [0.5, 0.6) is 0 Å². The van der Waals surface area contributed by atoms with Crippen molar-refractivity contribution in [3.05, 3.63) is 21.2 Å². The first-order chi connectivity index (χ1) is 12.2. The number of unbranched alkanes of at least 4 members (excludes halogenated alkanes) is 5. The van der Waals surface area contributed by atoms with Crippen LogP contribution in [0.25, 0.3) is 0 Å². The SMILES string of the molecule is CCO[Si](C)(CCCCCCCCC1=CC[C]([Pt]([CH3])([CH3])[CH3])=C1C)OCC.